The summed E-state index contributed by atoms with van der Waals surface area (Å²) in [5.74, 6) is 0.476. The maximum absolute atomic E-state index is 6.10. The van der Waals surface area contributed by atoms with Crippen molar-refractivity contribution in [2.45, 2.75) is 25.2 Å². The number of piperidine rings is 1. The first-order valence-corrected chi connectivity index (χ1v) is 12.0. The number of hydrogen-bond donors (Lipinski definition) is 1. The number of halogens is 1. The minimum absolute atomic E-state index is 0.476. The second-order valence-electron chi connectivity index (χ2n) is 8.82. The highest BCUT2D eigenvalue weighted by atomic mass is 35.5. The number of benzene rings is 3. The Bertz CT molecular complexity index is 1180. The number of nitrogens with two attached hydrogens (primary N) is 1. The van der Waals surface area contributed by atoms with E-state index in [9.17, 15) is 0 Å². The summed E-state index contributed by atoms with van der Waals surface area (Å²) >= 11 is 6.10. The molecule has 1 aliphatic rings. The summed E-state index contributed by atoms with van der Waals surface area (Å²) < 4.78 is 2.10. The van der Waals surface area contributed by atoms with Gasteiger partial charge in [0.05, 0.1) is 11.4 Å². The fourth-order valence-electron chi connectivity index (χ4n) is 4.65. The first kappa shape index (κ1) is 21.7. The third kappa shape index (κ3) is 5.13. The summed E-state index contributed by atoms with van der Waals surface area (Å²) in [4.78, 5) is 2.59. The van der Waals surface area contributed by atoms with Gasteiger partial charge in [-0.2, -0.15) is 5.10 Å². The first-order chi connectivity index (χ1) is 16.2. The molecule has 1 fully saturated rings. The summed E-state index contributed by atoms with van der Waals surface area (Å²) in [5.41, 5.74) is 12.5. The van der Waals surface area contributed by atoms with Crippen LogP contribution in [0.2, 0.25) is 5.02 Å². The van der Waals surface area contributed by atoms with Crippen molar-refractivity contribution in [1.29, 1.82) is 0 Å². The Balaban J connectivity index is 1.35. The van der Waals surface area contributed by atoms with Gasteiger partial charge in [-0.25, -0.2) is 4.68 Å². The highest BCUT2D eigenvalue weighted by molar-refractivity contribution is 6.30. The average Bonchev–Trinajstić information content (AvgIpc) is 3.30. The van der Waals surface area contributed by atoms with Gasteiger partial charge in [-0.15, -0.1) is 0 Å². The molecule has 2 N–H and O–H groups in total. The van der Waals surface area contributed by atoms with Gasteiger partial charge in [0.15, 0.2) is 0 Å². The summed E-state index contributed by atoms with van der Waals surface area (Å²) in [6, 6.07) is 28.9. The summed E-state index contributed by atoms with van der Waals surface area (Å²) in [7, 11) is 0. The Morgan fingerprint density at radius 2 is 1.58 bits per heavy atom. The fourth-order valence-corrected chi connectivity index (χ4v) is 4.78. The van der Waals surface area contributed by atoms with Crippen LogP contribution in [-0.2, 0) is 6.42 Å². The maximum Gasteiger partial charge on any atom is 0.0930 e. The van der Waals surface area contributed by atoms with Crippen molar-refractivity contribution >= 4 is 17.3 Å². The van der Waals surface area contributed by atoms with Crippen molar-refractivity contribution in [3.63, 3.8) is 0 Å². The van der Waals surface area contributed by atoms with Crippen molar-refractivity contribution in [2.24, 2.45) is 0 Å². The minimum Gasteiger partial charge on any atom is -0.399 e. The van der Waals surface area contributed by atoms with Gasteiger partial charge >= 0.3 is 0 Å². The summed E-state index contributed by atoms with van der Waals surface area (Å²) in [6.45, 7) is 3.34. The molecule has 0 bridgehead atoms. The number of rotatable bonds is 6. The van der Waals surface area contributed by atoms with Gasteiger partial charge in [0.25, 0.3) is 0 Å². The number of likely N-dealkylation sites (tertiary alicyclic amines) is 1. The van der Waals surface area contributed by atoms with Crippen LogP contribution < -0.4 is 5.73 Å². The van der Waals surface area contributed by atoms with E-state index in [1.807, 2.05) is 48.5 Å². The molecular formula is C28H29ClN4. The van der Waals surface area contributed by atoms with Gasteiger partial charge in [-0.1, -0.05) is 54.1 Å². The molecule has 0 aliphatic carbocycles. The van der Waals surface area contributed by atoms with Gasteiger partial charge in [-0.05, 0) is 80.4 Å². The van der Waals surface area contributed by atoms with E-state index in [0.717, 1.165) is 66.6 Å². The van der Waals surface area contributed by atoms with E-state index in [1.165, 1.54) is 11.3 Å². The molecule has 5 heteroatoms. The monoisotopic (exact) mass is 456 g/mol. The average molecular weight is 457 g/mol. The molecule has 4 nitrogen and oxygen atoms in total. The lowest BCUT2D eigenvalue weighted by Crippen LogP contribution is -2.35. The third-order valence-corrected chi connectivity index (χ3v) is 6.83. The molecule has 0 saturated carbocycles. The van der Waals surface area contributed by atoms with Crippen LogP contribution in [0, 0.1) is 0 Å². The minimum atomic E-state index is 0.476. The van der Waals surface area contributed by atoms with E-state index in [0.29, 0.717) is 5.92 Å². The second kappa shape index (κ2) is 9.82. The van der Waals surface area contributed by atoms with Gasteiger partial charge < -0.3 is 10.6 Å². The molecule has 3 aromatic carbocycles. The number of hydrogen-bond acceptors (Lipinski definition) is 3. The molecule has 1 aromatic heterocycles. The van der Waals surface area contributed by atoms with Crippen LogP contribution in [0.3, 0.4) is 0 Å². The lowest BCUT2D eigenvalue weighted by Gasteiger charge is -2.32. The zero-order valence-electron chi connectivity index (χ0n) is 18.7. The van der Waals surface area contributed by atoms with E-state index >= 15 is 0 Å². The molecule has 0 spiro atoms. The zero-order chi connectivity index (χ0) is 22.6. The third-order valence-electron chi connectivity index (χ3n) is 6.58. The Labute approximate surface area is 200 Å². The predicted octanol–water partition coefficient (Wildman–Crippen LogP) is 6.20. The predicted molar refractivity (Wildman–Crippen MR) is 137 cm³/mol. The maximum atomic E-state index is 6.10. The van der Waals surface area contributed by atoms with Crippen molar-refractivity contribution < 1.29 is 0 Å². The Morgan fingerprint density at radius 1 is 0.879 bits per heavy atom. The largest absolute Gasteiger partial charge is 0.399 e. The molecular weight excluding hydrogens is 428 g/mol. The number of aromatic nitrogens is 2. The van der Waals surface area contributed by atoms with Crippen molar-refractivity contribution in [2.75, 3.05) is 25.4 Å². The van der Waals surface area contributed by atoms with Crippen molar-refractivity contribution in [3.8, 4) is 16.9 Å². The molecule has 1 aliphatic heterocycles. The van der Waals surface area contributed by atoms with Crippen molar-refractivity contribution in [3.05, 3.63) is 101 Å². The SMILES string of the molecule is Nc1ccc(-n2nc(-c3ccc(Cl)cc3)cc2C2CCN(CCc3ccccc3)CC2)cc1. The van der Waals surface area contributed by atoms with E-state index < -0.39 is 0 Å². The topological polar surface area (TPSA) is 47.1 Å². The van der Waals surface area contributed by atoms with Crippen LogP contribution in [0.1, 0.15) is 30.0 Å². The number of nitrogen functional groups attached to an aromatic ring is 1. The second-order valence-corrected chi connectivity index (χ2v) is 9.25. The van der Waals surface area contributed by atoms with E-state index in [-0.39, 0.29) is 0 Å². The van der Waals surface area contributed by atoms with Crippen LogP contribution >= 0.6 is 11.6 Å². The Hall–Kier alpha value is -3.08. The highest BCUT2D eigenvalue weighted by Gasteiger charge is 2.25. The Kier molecular flexibility index (Phi) is 6.47. The van der Waals surface area contributed by atoms with Crippen LogP contribution in [0.5, 0.6) is 0 Å². The number of anilines is 1. The van der Waals surface area contributed by atoms with Crippen LogP contribution in [0.25, 0.3) is 16.9 Å². The van der Waals surface area contributed by atoms with E-state index in [4.69, 9.17) is 22.4 Å². The molecule has 4 aromatic rings. The molecule has 1 saturated heterocycles. The standard InChI is InChI=1S/C28H29ClN4/c29-24-8-6-22(7-9-24)27-20-28(33(31-27)26-12-10-25(30)11-13-26)23-15-18-32(19-16-23)17-14-21-4-2-1-3-5-21/h1-13,20,23H,14-19,30H2. The van der Waals surface area contributed by atoms with Crippen LogP contribution in [0.15, 0.2) is 84.9 Å². The highest BCUT2D eigenvalue weighted by Crippen LogP contribution is 2.33. The fraction of sp³-hybridized carbons (Fsp3) is 0.250. The number of nitrogens with zero attached hydrogens (tertiary/aromatic N) is 3. The normalized spacial score (nSPS) is 15.1. The van der Waals surface area contributed by atoms with Crippen LogP contribution in [-0.4, -0.2) is 34.3 Å². The van der Waals surface area contributed by atoms with Gasteiger partial charge in [0.1, 0.15) is 0 Å². The lowest BCUT2D eigenvalue weighted by atomic mass is 9.92. The van der Waals surface area contributed by atoms with Crippen molar-refractivity contribution in [1.82, 2.24) is 14.7 Å². The molecule has 0 atom stereocenters. The van der Waals surface area contributed by atoms with Crippen LogP contribution in [0.4, 0.5) is 5.69 Å². The quantitative estimate of drug-likeness (QED) is 0.351. The summed E-state index contributed by atoms with van der Waals surface area (Å²) in [5, 5.41) is 5.74. The molecule has 5 rings (SSSR count). The van der Waals surface area contributed by atoms with Gasteiger partial charge in [0.2, 0.25) is 0 Å². The molecule has 168 valence electrons. The lowest BCUT2D eigenvalue weighted by molar-refractivity contribution is 0.212. The molecule has 0 amide bonds. The Morgan fingerprint density at radius 3 is 2.27 bits per heavy atom. The molecule has 0 unspecified atom stereocenters. The molecule has 2 heterocycles. The van der Waals surface area contributed by atoms with E-state index in [2.05, 4.69) is 46.0 Å². The molecule has 0 radical (unpaired) electrons. The van der Waals surface area contributed by atoms with Gasteiger partial charge in [-0.3, -0.25) is 0 Å². The smallest absolute Gasteiger partial charge is 0.0930 e. The zero-order valence-corrected chi connectivity index (χ0v) is 19.5. The van der Waals surface area contributed by atoms with E-state index in [1.54, 1.807) is 0 Å². The first-order valence-electron chi connectivity index (χ1n) is 11.6. The summed E-state index contributed by atoms with van der Waals surface area (Å²) in [6.07, 6.45) is 3.38. The molecule has 33 heavy (non-hydrogen) atoms. The van der Waals surface area contributed by atoms with Gasteiger partial charge in [0, 0.05) is 34.4 Å².